The first kappa shape index (κ1) is 23.3. The number of phenolic OH excluding ortho intramolecular Hbond substituents is 1. The molecule has 2 N–H and O–H groups in total. The number of phenols is 1. The van der Waals surface area contributed by atoms with E-state index in [-0.39, 0.29) is 27.8 Å². The Morgan fingerprint density at radius 3 is 2.72 bits per heavy atom. The highest BCUT2D eigenvalue weighted by atomic mass is 32.1. The van der Waals surface area contributed by atoms with Gasteiger partial charge in [0.05, 0.1) is 21.7 Å². The first-order chi connectivity index (χ1) is 17.5. The topological polar surface area (TPSA) is 128 Å². The normalized spacial score (nSPS) is 11.1. The van der Waals surface area contributed by atoms with E-state index in [1.54, 1.807) is 12.1 Å². The van der Waals surface area contributed by atoms with Crippen LogP contribution in [0.25, 0.3) is 32.5 Å². The number of unbranched alkanes of at least 4 members (excludes halogenated alkanes) is 1. The first-order valence-corrected chi connectivity index (χ1v) is 12.1. The minimum absolute atomic E-state index is 0.0464. The number of anilines is 1. The summed E-state index contributed by atoms with van der Waals surface area (Å²) >= 11 is 1.37. The van der Waals surface area contributed by atoms with E-state index in [1.165, 1.54) is 35.6 Å². The fraction of sp³-hybridized carbons (Fsp3) is 0.154. The van der Waals surface area contributed by atoms with Crippen molar-refractivity contribution in [2.24, 2.45) is 0 Å². The van der Waals surface area contributed by atoms with E-state index < -0.39 is 4.92 Å². The third-order valence-electron chi connectivity index (χ3n) is 5.54. The maximum Gasteiger partial charge on any atom is 0.270 e. The molecule has 0 aliphatic carbocycles. The summed E-state index contributed by atoms with van der Waals surface area (Å²) in [6.45, 7) is 1.06. The number of nitro benzene ring substituents is 1. The van der Waals surface area contributed by atoms with E-state index in [1.807, 2.05) is 30.3 Å². The SMILES string of the molecule is O=c1cc(-c2ccccc2)oc2cc(OCCCCNc3nc4ccc([N+](=O)[O-])cc4s3)cc(O)c12. The van der Waals surface area contributed by atoms with Crippen LogP contribution in [0.4, 0.5) is 10.8 Å². The van der Waals surface area contributed by atoms with Crippen LogP contribution in [0.1, 0.15) is 12.8 Å². The Morgan fingerprint density at radius 1 is 1.08 bits per heavy atom. The average molecular weight is 504 g/mol. The molecule has 5 rings (SSSR count). The number of aromatic hydroxyl groups is 1. The summed E-state index contributed by atoms with van der Waals surface area (Å²) in [4.78, 5) is 27.5. The molecule has 0 fully saturated rings. The lowest BCUT2D eigenvalue weighted by molar-refractivity contribution is -0.384. The number of benzene rings is 3. The summed E-state index contributed by atoms with van der Waals surface area (Å²) in [6.07, 6.45) is 1.53. The van der Waals surface area contributed by atoms with Crippen molar-refractivity contribution in [1.82, 2.24) is 4.98 Å². The highest BCUT2D eigenvalue weighted by Gasteiger charge is 2.13. The standard InChI is InChI=1S/C26H21N3O6S/c30-20-13-18(14-23-25(20)21(31)15-22(35-23)16-6-2-1-3-7-16)34-11-5-4-10-27-26-28-19-9-8-17(29(32)33)12-24(19)36-26/h1-3,6-9,12-15,30H,4-5,10-11H2,(H,27,28). The average Bonchev–Trinajstić information content (AvgIpc) is 3.28. The van der Waals surface area contributed by atoms with Crippen molar-refractivity contribution >= 4 is 43.3 Å². The van der Waals surface area contributed by atoms with Gasteiger partial charge in [0.15, 0.2) is 10.6 Å². The maximum atomic E-state index is 12.6. The molecule has 0 spiro atoms. The molecular weight excluding hydrogens is 482 g/mol. The molecule has 3 aromatic carbocycles. The van der Waals surface area contributed by atoms with Crippen LogP contribution in [0.2, 0.25) is 0 Å². The molecule has 36 heavy (non-hydrogen) atoms. The highest BCUT2D eigenvalue weighted by molar-refractivity contribution is 7.22. The van der Waals surface area contributed by atoms with Gasteiger partial charge in [-0.1, -0.05) is 41.7 Å². The molecule has 2 aromatic heterocycles. The summed E-state index contributed by atoms with van der Waals surface area (Å²) in [5.41, 5.74) is 1.46. The zero-order valence-electron chi connectivity index (χ0n) is 19.0. The van der Waals surface area contributed by atoms with Crippen molar-refractivity contribution in [2.45, 2.75) is 12.8 Å². The van der Waals surface area contributed by atoms with Gasteiger partial charge in [-0.3, -0.25) is 14.9 Å². The lowest BCUT2D eigenvalue weighted by Crippen LogP contribution is -2.05. The lowest BCUT2D eigenvalue weighted by Gasteiger charge is -2.09. The van der Waals surface area contributed by atoms with Gasteiger partial charge in [-0.05, 0) is 18.9 Å². The Bertz CT molecular complexity index is 1610. The highest BCUT2D eigenvalue weighted by Crippen LogP contribution is 2.31. The molecule has 0 atom stereocenters. The van der Waals surface area contributed by atoms with Crippen LogP contribution >= 0.6 is 11.3 Å². The van der Waals surface area contributed by atoms with Gasteiger partial charge in [-0.15, -0.1) is 0 Å². The number of thiazole rings is 1. The third-order valence-corrected chi connectivity index (χ3v) is 6.52. The van der Waals surface area contributed by atoms with Crippen molar-refractivity contribution in [3.63, 3.8) is 0 Å². The lowest BCUT2D eigenvalue weighted by atomic mass is 10.1. The predicted octanol–water partition coefficient (Wildman–Crippen LogP) is 5.95. The molecule has 182 valence electrons. The smallest absolute Gasteiger partial charge is 0.270 e. The molecule has 2 heterocycles. The van der Waals surface area contributed by atoms with E-state index in [4.69, 9.17) is 9.15 Å². The summed E-state index contributed by atoms with van der Waals surface area (Å²) < 4.78 is 12.4. The number of rotatable bonds is 9. The second-order valence-corrected chi connectivity index (χ2v) is 9.10. The Morgan fingerprint density at radius 2 is 1.92 bits per heavy atom. The number of ether oxygens (including phenoxy) is 1. The summed E-state index contributed by atoms with van der Waals surface area (Å²) in [5, 5.41) is 25.4. The van der Waals surface area contributed by atoms with Crippen LogP contribution in [0.3, 0.4) is 0 Å². The zero-order valence-corrected chi connectivity index (χ0v) is 19.8. The number of aromatic nitrogens is 1. The molecule has 0 saturated heterocycles. The van der Waals surface area contributed by atoms with Gasteiger partial charge in [0.1, 0.15) is 28.2 Å². The van der Waals surface area contributed by atoms with Crippen LogP contribution in [0.5, 0.6) is 11.5 Å². The van der Waals surface area contributed by atoms with Crippen molar-refractivity contribution in [3.8, 4) is 22.8 Å². The maximum absolute atomic E-state index is 12.6. The molecule has 9 nitrogen and oxygen atoms in total. The van der Waals surface area contributed by atoms with E-state index >= 15 is 0 Å². The van der Waals surface area contributed by atoms with Crippen LogP contribution in [0, 0.1) is 10.1 Å². The van der Waals surface area contributed by atoms with E-state index in [0.29, 0.717) is 29.8 Å². The number of nitrogens with zero attached hydrogens (tertiary/aromatic N) is 2. The number of nitro groups is 1. The zero-order chi connectivity index (χ0) is 25.1. The number of fused-ring (bicyclic) bond motifs is 2. The van der Waals surface area contributed by atoms with Gasteiger partial charge >= 0.3 is 0 Å². The number of hydrogen-bond donors (Lipinski definition) is 2. The fourth-order valence-electron chi connectivity index (χ4n) is 3.79. The molecule has 0 radical (unpaired) electrons. The van der Waals surface area contributed by atoms with Gasteiger partial charge in [0.2, 0.25) is 0 Å². The minimum atomic E-state index is -0.419. The number of non-ortho nitro benzene ring substituents is 1. The van der Waals surface area contributed by atoms with Crippen LogP contribution in [-0.4, -0.2) is 28.2 Å². The minimum Gasteiger partial charge on any atom is -0.507 e. The fourth-order valence-corrected chi connectivity index (χ4v) is 4.71. The molecule has 0 bridgehead atoms. The first-order valence-electron chi connectivity index (χ1n) is 11.3. The monoisotopic (exact) mass is 503 g/mol. The Labute approximate surface area is 208 Å². The van der Waals surface area contributed by atoms with E-state index in [9.17, 15) is 20.0 Å². The molecule has 0 aliphatic rings. The van der Waals surface area contributed by atoms with Crippen LogP contribution in [0.15, 0.2) is 75.9 Å². The summed E-state index contributed by atoms with van der Waals surface area (Å²) in [5.74, 6) is 0.642. The Hall–Kier alpha value is -4.44. The number of nitrogens with one attached hydrogen (secondary N) is 1. The second kappa shape index (κ2) is 10.0. The predicted molar refractivity (Wildman–Crippen MR) is 139 cm³/mol. The summed E-state index contributed by atoms with van der Waals surface area (Å²) in [7, 11) is 0. The molecular formula is C26H21N3O6S. The van der Waals surface area contributed by atoms with Gasteiger partial charge in [0, 0.05) is 42.4 Å². The van der Waals surface area contributed by atoms with Crippen LogP contribution in [-0.2, 0) is 0 Å². The largest absolute Gasteiger partial charge is 0.507 e. The van der Waals surface area contributed by atoms with Gasteiger partial charge in [0.25, 0.3) is 5.69 Å². The third kappa shape index (κ3) is 4.98. The Balaban J connectivity index is 1.18. The molecule has 0 saturated carbocycles. The van der Waals surface area contributed by atoms with Crippen molar-refractivity contribution in [1.29, 1.82) is 0 Å². The van der Waals surface area contributed by atoms with Crippen molar-refractivity contribution in [3.05, 3.63) is 87.1 Å². The molecule has 0 amide bonds. The van der Waals surface area contributed by atoms with Gasteiger partial charge in [-0.2, -0.15) is 0 Å². The molecule has 5 aromatic rings. The van der Waals surface area contributed by atoms with Gasteiger partial charge in [-0.25, -0.2) is 4.98 Å². The Kier molecular flexibility index (Phi) is 6.50. The van der Waals surface area contributed by atoms with Crippen molar-refractivity contribution in [2.75, 3.05) is 18.5 Å². The second-order valence-electron chi connectivity index (χ2n) is 8.07. The summed E-state index contributed by atoms with van der Waals surface area (Å²) in [6, 6.07) is 18.3. The quantitative estimate of drug-likeness (QED) is 0.143. The molecule has 0 aliphatic heterocycles. The van der Waals surface area contributed by atoms with Gasteiger partial charge < -0.3 is 19.6 Å². The number of hydrogen-bond acceptors (Lipinski definition) is 9. The molecule has 0 unspecified atom stereocenters. The van der Waals surface area contributed by atoms with Crippen molar-refractivity contribution < 1.29 is 19.2 Å². The van der Waals surface area contributed by atoms with E-state index in [2.05, 4.69) is 10.3 Å². The molecule has 10 heteroatoms. The van der Waals surface area contributed by atoms with Crippen LogP contribution < -0.4 is 15.5 Å². The van der Waals surface area contributed by atoms with E-state index in [0.717, 1.165) is 28.6 Å².